The van der Waals surface area contributed by atoms with E-state index in [9.17, 15) is 9.59 Å². The van der Waals surface area contributed by atoms with Crippen LogP contribution in [-0.4, -0.2) is 21.7 Å². The minimum atomic E-state index is -0.615. The molecule has 2 aromatic carbocycles. The molecule has 5 rings (SSSR count). The third-order valence-electron chi connectivity index (χ3n) is 6.87. The van der Waals surface area contributed by atoms with Gasteiger partial charge in [0.2, 0.25) is 0 Å². The van der Waals surface area contributed by atoms with Gasteiger partial charge >= 0.3 is 5.97 Å². The summed E-state index contributed by atoms with van der Waals surface area (Å²) >= 11 is 1.34. The predicted molar refractivity (Wildman–Crippen MR) is 153 cm³/mol. The summed E-state index contributed by atoms with van der Waals surface area (Å²) in [5.41, 5.74) is 4.85. The number of carbonyl (C=O) groups excluding carboxylic acids is 1. The van der Waals surface area contributed by atoms with Crippen LogP contribution in [0.3, 0.4) is 0 Å². The van der Waals surface area contributed by atoms with Crippen LogP contribution in [0.2, 0.25) is 0 Å². The second-order valence-corrected chi connectivity index (χ2v) is 10.7. The fraction of sp³-hybridized carbons (Fsp3) is 0.258. The third kappa shape index (κ3) is 4.47. The summed E-state index contributed by atoms with van der Waals surface area (Å²) in [5, 5.41) is 1.06. The molecule has 0 spiro atoms. The smallest absolute Gasteiger partial charge is 0.338 e. The van der Waals surface area contributed by atoms with E-state index in [0.29, 0.717) is 33.1 Å². The summed E-state index contributed by atoms with van der Waals surface area (Å²) in [5.74, 6) is -0.0791. The molecular weight excluding hydrogens is 494 g/mol. The first-order valence-electron chi connectivity index (χ1n) is 12.8. The largest absolute Gasteiger partial charge is 0.463 e. The molecule has 6 nitrogen and oxygen atoms in total. The molecule has 1 aliphatic rings. The second kappa shape index (κ2) is 10.4. The van der Waals surface area contributed by atoms with Crippen LogP contribution >= 0.6 is 11.3 Å². The Bertz CT molecular complexity index is 1750. The molecule has 3 heterocycles. The first kappa shape index (κ1) is 25.7. The number of ether oxygens (including phenoxy) is 1. The molecule has 0 bridgehead atoms. The number of hydrogen-bond donors (Lipinski definition) is 0. The minimum Gasteiger partial charge on any atom is -0.463 e. The lowest BCUT2D eigenvalue weighted by atomic mass is 9.93. The number of allylic oxidation sites excluding steroid dienone is 2. The standard InChI is InChI=1S/C31H31N3O3S/c1-6-16-33-18-23(24-10-8-9-11-25(24)33)17-26-29(35)34-28(22-14-12-21(13-15-22)19(3)4)27(30(36)37-7-2)20(5)32-31(34)38-26/h6,8-15,17-19,28H,1,7,16H2,2-5H3/b26-17-/t28-/m0/s1. The second-order valence-electron chi connectivity index (χ2n) is 9.67. The number of carbonyl (C=O) groups is 1. The lowest BCUT2D eigenvalue weighted by Crippen LogP contribution is -2.39. The van der Waals surface area contributed by atoms with Gasteiger partial charge in [0.1, 0.15) is 0 Å². The number of para-hydroxylation sites is 1. The van der Waals surface area contributed by atoms with Crippen LogP contribution in [0.1, 0.15) is 56.3 Å². The molecule has 0 saturated heterocycles. The Balaban J connectivity index is 1.72. The molecule has 0 unspecified atom stereocenters. The zero-order valence-electron chi connectivity index (χ0n) is 22.1. The van der Waals surface area contributed by atoms with Gasteiger partial charge in [0.25, 0.3) is 5.56 Å². The maximum absolute atomic E-state index is 14.0. The van der Waals surface area contributed by atoms with Gasteiger partial charge in [-0.3, -0.25) is 9.36 Å². The van der Waals surface area contributed by atoms with Gasteiger partial charge in [-0.05, 0) is 43.0 Å². The highest BCUT2D eigenvalue weighted by atomic mass is 32.1. The van der Waals surface area contributed by atoms with Crippen LogP contribution in [0.15, 0.2) is 88.4 Å². The average molecular weight is 526 g/mol. The number of aromatic nitrogens is 2. The molecule has 0 N–H and O–H groups in total. The van der Waals surface area contributed by atoms with Gasteiger partial charge < -0.3 is 9.30 Å². The molecular formula is C31H31N3O3S. The van der Waals surface area contributed by atoms with Gasteiger partial charge in [-0.1, -0.05) is 73.7 Å². The quantitative estimate of drug-likeness (QED) is 0.250. The maximum Gasteiger partial charge on any atom is 0.338 e. The van der Waals surface area contributed by atoms with Gasteiger partial charge in [0.05, 0.1) is 28.5 Å². The molecule has 194 valence electrons. The molecule has 1 aliphatic heterocycles. The van der Waals surface area contributed by atoms with Crippen molar-refractivity contribution in [2.24, 2.45) is 4.99 Å². The summed E-state index contributed by atoms with van der Waals surface area (Å²) in [6, 6.07) is 15.6. The predicted octanol–water partition coefficient (Wildman–Crippen LogP) is 5.06. The van der Waals surface area contributed by atoms with E-state index in [2.05, 4.69) is 49.3 Å². The number of rotatable bonds is 7. The first-order chi connectivity index (χ1) is 18.3. The Kier molecular flexibility index (Phi) is 7.04. The van der Waals surface area contributed by atoms with Crippen LogP contribution in [0.25, 0.3) is 17.0 Å². The highest BCUT2D eigenvalue weighted by Gasteiger charge is 2.33. The van der Waals surface area contributed by atoms with Crippen LogP contribution < -0.4 is 14.9 Å². The van der Waals surface area contributed by atoms with Crippen LogP contribution in [0, 0.1) is 0 Å². The third-order valence-corrected chi connectivity index (χ3v) is 7.85. The Labute approximate surface area is 225 Å². The van der Waals surface area contributed by atoms with E-state index in [4.69, 9.17) is 9.73 Å². The zero-order valence-corrected chi connectivity index (χ0v) is 22.9. The number of hydrogen-bond acceptors (Lipinski definition) is 5. The number of thiazole rings is 1. The number of esters is 1. The van der Waals surface area contributed by atoms with E-state index in [-0.39, 0.29) is 12.2 Å². The van der Waals surface area contributed by atoms with E-state index in [1.807, 2.05) is 49.5 Å². The normalized spacial score (nSPS) is 15.6. The molecule has 0 fully saturated rings. The molecule has 0 radical (unpaired) electrons. The lowest BCUT2D eigenvalue weighted by Gasteiger charge is -2.25. The fourth-order valence-corrected chi connectivity index (χ4v) is 6.03. The van der Waals surface area contributed by atoms with Crippen LogP contribution in [0.5, 0.6) is 0 Å². The number of fused-ring (bicyclic) bond motifs is 2. The Morgan fingerprint density at radius 2 is 1.92 bits per heavy atom. The summed E-state index contributed by atoms with van der Waals surface area (Å²) < 4.78 is 9.73. The van der Waals surface area contributed by atoms with Crippen LogP contribution in [-0.2, 0) is 16.1 Å². The van der Waals surface area contributed by atoms with Gasteiger partial charge in [0.15, 0.2) is 4.80 Å². The van der Waals surface area contributed by atoms with Gasteiger partial charge in [0, 0.05) is 29.2 Å². The summed E-state index contributed by atoms with van der Waals surface area (Å²) in [4.78, 5) is 32.4. The molecule has 2 aromatic heterocycles. The number of nitrogens with zero attached hydrogens (tertiary/aromatic N) is 3. The van der Waals surface area contributed by atoms with Crippen molar-refractivity contribution in [3.05, 3.63) is 115 Å². The maximum atomic E-state index is 14.0. The van der Waals surface area contributed by atoms with E-state index in [1.165, 1.54) is 16.9 Å². The topological polar surface area (TPSA) is 65.6 Å². The van der Waals surface area contributed by atoms with Crippen molar-refractivity contribution in [1.82, 2.24) is 9.13 Å². The average Bonchev–Trinajstić information content (AvgIpc) is 3.40. The summed E-state index contributed by atoms with van der Waals surface area (Å²) in [6.45, 7) is 12.6. The van der Waals surface area contributed by atoms with Crippen LogP contribution in [0.4, 0.5) is 0 Å². The van der Waals surface area contributed by atoms with Gasteiger partial charge in [-0.2, -0.15) is 0 Å². The van der Waals surface area contributed by atoms with Gasteiger partial charge in [-0.15, -0.1) is 6.58 Å². The number of benzene rings is 2. The van der Waals surface area contributed by atoms with Gasteiger partial charge in [-0.25, -0.2) is 9.79 Å². The summed E-state index contributed by atoms with van der Waals surface area (Å²) in [6.07, 6.45) is 5.82. The highest BCUT2D eigenvalue weighted by Crippen LogP contribution is 2.31. The Morgan fingerprint density at radius 1 is 1.18 bits per heavy atom. The van der Waals surface area contributed by atoms with Crippen molar-refractivity contribution in [3.8, 4) is 0 Å². The monoisotopic (exact) mass is 525 g/mol. The van der Waals surface area contributed by atoms with E-state index in [0.717, 1.165) is 22.0 Å². The Hall–Kier alpha value is -3.97. The molecule has 7 heteroatoms. The first-order valence-corrected chi connectivity index (χ1v) is 13.6. The van der Waals surface area contributed by atoms with Crippen molar-refractivity contribution in [2.75, 3.05) is 6.61 Å². The lowest BCUT2D eigenvalue weighted by molar-refractivity contribution is -0.139. The minimum absolute atomic E-state index is 0.179. The van der Waals surface area contributed by atoms with Crippen molar-refractivity contribution in [3.63, 3.8) is 0 Å². The van der Waals surface area contributed by atoms with E-state index < -0.39 is 12.0 Å². The van der Waals surface area contributed by atoms with Crippen molar-refractivity contribution >= 4 is 34.3 Å². The van der Waals surface area contributed by atoms with Crippen molar-refractivity contribution in [1.29, 1.82) is 0 Å². The fourth-order valence-electron chi connectivity index (χ4n) is 4.99. The molecule has 0 amide bonds. The SMILES string of the molecule is C=CCn1cc(/C=c2\sc3n(c2=O)[C@@H](c2ccc(C(C)C)cc2)C(C(=O)OCC)=C(C)N=3)c2ccccc21. The summed E-state index contributed by atoms with van der Waals surface area (Å²) in [7, 11) is 0. The zero-order chi connectivity index (χ0) is 27.0. The van der Waals surface area contributed by atoms with Crippen molar-refractivity contribution in [2.45, 2.75) is 46.2 Å². The molecule has 4 aromatic rings. The van der Waals surface area contributed by atoms with E-state index in [1.54, 1.807) is 11.5 Å². The Morgan fingerprint density at radius 3 is 2.61 bits per heavy atom. The molecule has 1 atom stereocenters. The van der Waals surface area contributed by atoms with E-state index >= 15 is 0 Å². The molecule has 38 heavy (non-hydrogen) atoms. The highest BCUT2D eigenvalue weighted by molar-refractivity contribution is 7.07. The molecule has 0 saturated carbocycles. The van der Waals surface area contributed by atoms with Crippen molar-refractivity contribution < 1.29 is 9.53 Å². The molecule has 0 aliphatic carbocycles.